The molecule has 3 aromatic rings. The van der Waals surface area contributed by atoms with Crippen molar-refractivity contribution in [3.05, 3.63) is 81.9 Å². The highest BCUT2D eigenvalue weighted by Crippen LogP contribution is 2.54. The van der Waals surface area contributed by atoms with Gasteiger partial charge in [0, 0.05) is 4.75 Å². The molecule has 0 aliphatic carbocycles. The molecule has 0 aliphatic rings. The summed E-state index contributed by atoms with van der Waals surface area (Å²) in [6, 6.07) is 8.44. The summed E-state index contributed by atoms with van der Waals surface area (Å²) < 4.78 is 71.0. The highest BCUT2D eigenvalue weighted by atomic mass is 32.3. The van der Waals surface area contributed by atoms with Crippen LogP contribution in [0.2, 0.25) is 0 Å². The Bertz CT molecular complexity index is 1440. The van der Waals surface area contributed by atoms with E-state index in [1.165, 1.54) is 24.3 Å². The average Bonchev–Trinajstić information content (AvgIpc) is 2.88. The SMILES string of the molecule is COC(=O)c1cc(C)cc(NC(=O)c2c(F)c(F)c(-c3ccc(COS(C)(C)C(C)(C)C)cc3)c(F)c2F)c1N. The fraction of sp³-hybridized carbons (Fsp3) is 0.310. The molecule has 0 saturated heterocycles. The Balaban J connectivity index is 1.94. The minimum Gasteiger partial charge on any atom is -0.465 e. The minimum atomic E-state index is -1.88. The number of halogens is 4. The highest BCUT2D eigenvalue weighted by molar-refractivity contribution is 8.29. The number of benzene rings is 3. The molecule has 0 aliphatic heterocycles. The van der Waals surface area contributed by atoms with Crippen LogP contribution in [0.1, 0.15) is 52.6 Å². The third kappa shape index (κ3) is 6.10. The Morgan fingerprint density at radius 1 is 0.950 bits per heavy atom. The lowest BCUT2D eigenvalue weighted by molar-refractivity contribution is 0.0601. The second-order valence-corrected chi connectivity index (χ2v) is 14.5. The van der Waals surface area contributed by atoms with E-state index in [1.807, 2.05) is 12.5 Å². The fourth-order valence-electron chi connectivity index (χ4n) is 3.61. The largest absolute Gasteiger partial charge is 0.465 e. The van der Waals surface area contributed by atoms with E-state index >= 15 is 17.6 Å². The van der Waals surface area contributed by atoms with Crippen LogP contribution in [0.5, 0.6) is 0 Å². The molecule has 3 aromatic carbocycles. The number of nitrogens with two attached hydrogens (primary N) is 1. The molecule has 3 N–H and O–H groups in total. The number of nitrogens with one attached hydrogen (secondary N) is 1. The number of carbonyl (C=O) groups excluding carboxylic acids is 2. The van der Waals surface area contributed by atoms with Gasteiger partial charge in [0.2, 0.25) is 0 Å². The fourth-order valence-corrected chi connectivity index (χ4v) is 4.39. The summed E-state index contributed by atoms with van der Waals surface area (Å²) in [7, 11) is -0.298. The Kier molecular flexibility index (Phi) is 8.90. The van der Waals surface area contributed by atoms with Crippen molar-refractivity contribution in [1.82, 2.24) is 0 Å². The van der Waals surface area contributed by atoms with Crippen LogP contribution in [0.3, 0.4) is 0 Å². The van der Waals surface area contributed by atoms with Gasteiger partial charge in [0.25, 0.3) is 5.91 Å². The first-order chi connectivity index (χ1) is 18.5. The van der Waals surface area contributed by atoms with Gasteiger partial charge >= 0.3 is 5.97 Å². The summed E-state index contributed by atoms with van der Waals surface area (Å²) in [4.78, 5) is 24.7. The number of carbonyl (C=O) groups is 2. The summed E-state index contributed by atoms with van der Waals surface area (Å²) >= 11 is 0. The number of hydrogen-bond donors (Lipinski definition) is 2. The van der Waals surface area contributed by atoms with E-state index < -0.39 is 56.6 Å². The van der Waals surface area contributed by atoms with Crippen molar-refractivity contribution in [2.45, 2.75) is 39.0 Å². The summed E-state index contributed by atoms with van der Waals surface area (Å²) in [6.45, 7) is 8.02. The number of esters is 1. The molecule has 0 bridgehead atoms. The van der Waals surface area contributed by atoms with E-state index in [1.54, 1.807) is 19.1 Å². The number of methoxy groups -OCH3 is 1. The lowest BCUT2D eigenvalue weighted by atomic mass is 9.99. The van der Waals surface area contributed by atoms with Crippen molar-refractivity contribution >= 4 is 33.6 Å². The van der Waals surface area contributed by atoms with Crippen LogP contribution in [0.4, 0.5) is 28.9 Å². The molecule has 216 valence electrons. The zero-order valence-electron chi connectivity index (χ0n) is 23.3. The van der Waals surface area contributed by atoms with Gasteiger partial charge in [-0.1, -0.05) is 45.0 Å². The average molecular weight is 581 g/mol. The predicted molar refractivity (Wildman–Crippen MR) is 151 cm³/mol. The molecule has 11 heteroatoms. The number of anilines is 2. The minimum absolute atomic E-state index is 0.0724. The highest BCUT2D eigenvalue weighted by Gasteiger charge is 2.31. The van der Waals surface area contributed by atoms with Gasteiger partial charge in [0.05, 0.1) is 36.2 Å². The molecule has 0 heterocycles. The van der Waals surface area contributed by atoms with Gasteiger partial charge in [-0.05, 0) is 48.3 Å². The Morgan fingerprint density at radius 2 is 1.50 bits per heavy atom. The van der Waals surface area contributed by atoms with Crippen molar-refractivity contribution in [3.8, 4) is 11.1 Å². The Morgan fingerprint density at radius 3 is 2.00 bits per heavy atom. The maximum atomic E-state index is 15.1. The standard InChI is InChI=1S/C29H32F4N2O4S/c1-15-12-18(28(37)38-5)26(34)19(13-15)35-27(36)21-24(32)22(30)20(23(31)25(21)33)17-10-8-16(9-11-17)14-39-40(6,7)29(2,3)4/h8-13H,14,34H2,1-7H3,(H,35,36). The predicted octanol–water partition coefficient (Wildman–Crippen LogP) is 7.13. The van der Waals surface area contributed by atoms with Crippen LogP contribution >= 0.6 is 10.3 Å². The summed E-state index contributed by atoms with van der Waals surface area (Å²) in [6.07, 6.45) is 4.06. The van der Waals surface area contributed by atoms with Crippen LogP contribution < -0.4 is 11.1 Å². The zero-order valence-corrected chi connectivity index (χ0v) is 24.1. The lowest BCUT2D eigenvalue weighted by Crippen LogP contribution is -2.24. The van der Waals surface area contributed by atoms with Crippen LogP contribution in [0, 0.1) is 30.2 Å². The number of nitrogen functional groups attached to an aromatic ring is 1. The maximum absolute atomic E-state index is 15.1. The van der Waals surface area contributed by atoms with E-state index in [9.17, 15) is 9.59 Å². The van der Waals surface area contributed by atoms with E-state index in [4.69, 9.17) is 9.92 Å². The van der Waals surface area contributed by atoms with Crippen molar-refractivity contribution < 1.29 is 36.1 Å². The molecule has 1 amide bonds. The van der Waals surface area contributed by atoms with E-state index in [0.717, 1.165) is 7.11 Å². The van der Waals surface area contributed by atoms with Crippen molar-refractivity contribution in [1.29, 1.82) is 0 Å². The molecule has 0 unspecified atom stereocenters. The molecule has 0 aromatic heterocycles. The van der Waals surface area contributed by atoms with Crippen molar-refractivity contribution in [2.24, 2.45) is 0 Å². The smallest absolute Gasteiger partial charge is 0.340 e. The second kappa shape index (κ2) is 11.5. The molecule has 0 saturated carbocycles. The van der Waals surface area contributed by atoms with Gasteiger partial charge in [-0.3, -0.25) is 4.79 Å². The topological polar surface area (TPSA) is 90.6 Å². The quantitative estimate of drug-likeness (QED) is 0.134. The van der Waals surface area contributed by atoms with Gasteiger partial charge in [-0.25, -0.2) is 22.4 Å². The monoisotopic (exact) mass is 580 g/mol. The summed E-state index contributed by atoms with van der Waals surface area (Å²) in [5.41, 5.74) is 3.96. The number of rotatable bonds is 7. The Hall–Kier alpha value is -3.57. The molecule has 0 atom stereocenters. The van der Waals surface area contributed by atoms with Gasteiger partial charge < -0.3 is 20.0 Å². The van der Waals surface area contributed by atoms with Crippen LogP contribution in [-0.2, 0) is 15.5 Å². The maximum Gasteiger partial charge on any atom is 0.340 e. The molecular formula is C29H32F4N2O4S. The van der Waals surface area contributed by atoms with Crippen LogP contribution in [0.15, 0.2) is 36.4 Å². The van der Waals surface area contributed by atoms with Gasteiger partial charge in [-0.15, -0.1) is 10.3 Å². The van der Waals surface area contributed by atoms with E-state index in [0.29, 0.717) is 11.1 Å². The van der Waals surface area contributed by atoms with Crippen LogP contribution in [-0.4, -0.2) is 36.2 Å². The molecule has 0 radical (unpaired) electrons. The second-order valence-electron chi connectivity index (χ2n) is 10.5. The van der Waals surface area contributed by atoms with Gasteiger partial charge in [-0.2, -0.15) is 0 Å². The Labute approximate surface area is 232 Å². The van der Waals surface area contributed by atoms with Gasteiger partial charge in [0.15, 0.2) is 23.3 Å². The first kappa shape index (κ1) is 31.0. The molecule has 40 heavy (non-hydrogen) atoms. The third-order valence-electron chi connectivity index (χ3n) is 6.71. The van der Waals surface area contributed by atoms with Crippen molar-refractivity contribution in [3.63, 3.8) is 0 Å². The molecule has 0 fully saturated rings. The zero-order chi connectivity index (χ0) is 30.2. The lowest BCUT2D eigenvalue weighted by Gasteiger charge is -2.43. The van der Waals surface area contributed by atoms with Crippen LogP contribution in [0.25, 0.3) is 11.1 Å². The van der Waals surface area contributed by atoms with E-state index in [2.05, 4.69) is 30.8 Å². The number of aryl methyl sites for hydroxylation is 1. The van der Waals surface area contributed by atoms with E-state index in [-0.39, 0.29) is 33.9 Å². The molecular weight excluding hydrogens is 548 g/mol. The number of hydrogen-bond acceptors (Lipinski definition) is 5. The summed E-state index contributed by atoms with van der Waals surface area (Å²) in [5, 5.41) is 2.13. The normalized spacial score (nSPS) is 12.3. The molecule has 6 nitrogen and oxygen atoms in total. The third-order valence-corrected chi connectivity index (χ3v) is 10.4. The first-order valence-electron chi connectivity index (χ1n) is 12.1. The number of amides is 1. The number of ether oxygens (including phenoxy) is 1. The first-order valence-corrected chi connectivity index (χ1v) is 14.5. The molecule has 0 spiro atoms. The van der Waals surface area contributed by atoms with Crippen molar-refractivity contribution in [2.75, 3.05) is 30.7 Å². The van der Waals surface area contributed by atoms with Gasteiger partial charge in [0.1, 0.15) is 5.56 Å². The molecule has 3 rings (SSSR count). The summed E-state index contributed by atoms with van der Waals surface area (Å²) in [5.74, 6) is -9.55.